The molecule has 0 atom stereocenters. The highest BCUT2D eigenvalue weighted by molar-refractivity contribution is 14.1. The fraction of sp³-hybridized carbons (Fsp3) is 0.136. The zero-order chi connectivity index (χ0) is 22.5. The molecule has 1 aliphatic heterocycles. The molecular formula is C22H18I2N2O5. The van der Waals surface area contributed by atoms with E-state index >= 15 is 0 Å². The Bertz CT molecular complexity index is 1060. The van der Waals surface area contributed by atoms with Crippen LogP contribution in [-0.2, 0) is 9.59 Å². The van der Waals surface area contributed by atoms with Crippen LogP contribution in [0.15, 0.2) is 54.6 Å². The molecule has 3 rings (SSSR count). The summed E-state index contributed by atoms with van der Waals surface area (Å²) in [5.74, 6) is -0.121. The SMILES string of the molecule is C=CCOc1c(I)cc(C=C2C(=O)NC(=O)N(c3ccc(OCC)cc3)C2=O)cc1I. The van der Waals surface area contributed by atoms with Gasteiger partial charge in [0.1, 0.15) is 23.7 Å². The lowest BCUT2D eigenvalue weighted by molar-refractivity contribution is -0.122. The largest absolute Gasteiger partial charge is 0.494 e. The van der Waals surface area contributed by atoms with Crippen molar-refractivity contribution in [3.05, 3.63) is 67.3 Å². The van der Waals surface area contributed by atoms with Crippen LogP contribution >= 0.6 is 45.2 Å². The highest BCUT2D eigenvalue weighted by Gasteiger charge is 2.36. The molecule has 4 amide bonds. The topological polar surface area (TPSA) is 84.9 Å². The Morgan fingerprint density at radius 3 is 2.29 bits per heavy atom. The average molecular weight is 644 g/mol. The lowest BCUT2D eigenvalue weighted by Crippen LogP contribution is -2.54. The summed E-state index contributed by atoms with van der Waals surface area (Å²) in [5.41, 5.74) is 0.834. The van der Waals surface area contributed by atoms with Crippen molar-refractivity contribution in [3.63, 3.8) is 0 Å². The Kier molecular flexibility index (Phi) is 7.70. The number of nitrogens with one attached hydrogen (secondary N) is 1. The van der Waals surface area contributed by atoms with E-state index in [1.165, 1.54) is 6.08 Å². The molecule has 31 heavy (non-hydrogen) atoms. The number of benzene rings is 2. The molecule has 0 bridgehead atoms. The number of anilines is 1. The molecule has 0 unspecified atom stereocenters. The molecule has 0 aromatic heterocycles. The molecule has 1 saturated heterocycles. The van der Waals surface area contributed by atoms with E-state index in [-0.39, 0.29) is 5.57 Å². The van der Waals surface area contributed by atoms with Gasteiger partial charge in [-0.1, -0.05) is 12.7 Å². The maximum atomic E-state index is 13.0. The maximum Gasteiger partial charge on any atom is 0.335 e. The van der Waals surface area contributed by atoms with Gasteiger partial charge in [-0.25, -0.2) is 9.69 Å². The number of hydrogen-bond donors (Lipinski definition) is 1. The van der Waals surface area contributed by atoms with E-state index in [2.05, 4.69) is 57.1 Å². The van der Waals surface area contributed by atoms with Gasteiger partial charge in [-0.15, -0.1) is 0 Å². The van der Waals surface area contributed by atoms with Crippen molar-refractivity contribution in [1.29, 1.82) is 0 Å². The number of amides is 4. The Hall–Kier alpha value is -2.41. The second-order valence-corrected chi connectivity index (χ2v) is 8.62. The molecule has 2 aromatic carbocycles. The number of hydrogen-bond acceptors (Lipinski definition) is 5. The number of halogens is 2. The standard InChI is InChI=1S/C22H18I2N2O5/c1-3-9-31-19-17(23)11-13(12-18(19)24)10-16-20(27)25-22(29)26(21(16)28)14-5-7-15(8-6-14)30-4-2/h3,5-8,10-12H,1,4,9H2,2H3,(H,25,27,29). The van der Waals surface area contributed by atoms with E-state index in [4.69, 9.17) is 9.47 Å². The number of carbonyl (C=O) groups excluding carboxylic acids is 3. The van der Waals surface area contributed by atoms with Crippen molar-refractivity contribution in [3.8, 4) is 11.5 Å². The minimum atomic E-state index is -0.798. The fourth-order valence-electron chi connectivity index (χ4n) is 2.86. The molecule has 1 N–H and O–H groups in total. The van der Waals surface area contributed by atoms with Crippen LogP contribution in [0.5, 0.6) is 11.5 Å². The molecule has 7 nitrogen and oxygen atoms in total. The highest BCUT2D eigenvalue weighted by atomic mass is 127. The van der Waals surface area contributed by atoms with Gasteiger partial charge in [0.15, 0.2) is 0 Å². The van der Waals surface area contributed by atoms with E-state index in [1.54, 1.807) is 42.5 Å². The van der Waals surface area contributed by atoms with E-state index < -0.39 is 17.8 Å². The summed E-state index contributed by atoms with van der Waals surface area (Å²) in [6, 6.07) is 9.30. The summed E-state index contributed by atoms with van der Waals surface area (Å²) >= 11 is 4.25. The normalized spacial score (nSPS) is 15.1. The Balaban J connectivity index is 1.94. The number of rotatable bonds is 7. The van der Waals surface area contributed by atoms with Gasteiger partial charge in [0, 0.05) is 0 Å². The molecule has 0 radical (unpaired) electrons. The van der Waals surface area contributed by atoms with Gasteiger partial charge in [0.2, 0.25) is 0 Å². The lowest BCUT2D eigenvalue weighted by Gasteiger charge is -2.26. The summed E-state index contributed by atoms with van der Waals surface area (Å²) < 4.78 is 12.7. The lowest BCUT2D eigenvalue weighted by atomic mass is 10.1. The fourth-order valence-corrected chi connectivity index (χ4v) is 4.99. The predicted molar refractivity (Wildman–Crippen MR) is 134 cm³/mol. The van der Waals surface area contributed by atoms with Gasteiger partial charge < -0.3 is 9.47 Å². The van der Waals surface area contributed by atoms with Crippen LogP contribution in [0.4, 0.5) is 10.5 Å². The van der Waals surface area contributed by atoms with Crippen molar-refractivity contribution in [2.24, 2.45) is 0 Å². The first-order valence-electron chi connectivity index (χ1n) is 9.22. The number of barbiturate groups is 1. The summed E-state index contributed by atoms with van der Waals surface area (Å²) in [5, 5.41) is 2.23. The predicted octanol–water partition coefficient (Wildman–Crippen LogP) is 4.53. The number of ether oxygens (including phenoxy) is 2. The smallest absolute Gasteiger partial charge is 0.335 e. The molecule has 1 aliphatic rings. The van der Waals surface area contributed by atoms with Crippen molar-refractivity contribution < 1.29 is 23.9 Å². The van der Waals surface area contributed by atoms with E-state index in [0.29, 0.717) is 36.0 Å². The zero-order valence-corrected chi connectivity index (χ0v) is 20.8. The van der Waals surface area contributed by atoms with Crippen LogP contribution in [0.2, 0.25) is 0 Å². The summed E-state index contributed by atoms with van der Waals surface area (Å²) in [6.45, 7) is 6.36. The highest BCUT2D eigenvalue weighted by Crippen LogP contribution is 2.31. The summed E-state index contributed by atoms with van der Waals surface area (Å²) in [4.78, 5) is 38.7. The molecule has 160 valence electrons. The van der Waals surface area contributed by atoms with E-state index in [0.717, 1.165) is 12.0 Å². The first-order chi connectivity index (χ1) is 14.8. The average Bonchev–Trinajstić information content (AvgIpc) is 2.72. The number of nitrogens with zero attached hydrogens (tertiary/aromatic N) is 1. The molecule has 1 fully saturated rings. The van der Waals surface area contributed by atoms with Gasteiger partial charge in [0.25, 0.3) is 11.8 Å². The Labute approximate surface area is 206 Å². The molecule has 0 spiro atoms. The Morgan fingerprint density at radius 2 is 1.71 bits per heavy atom. The number of imide groups is 2. The second kappa shape index (κ2) is 10.3. The van der Waals surface area contributed by atoms with Gasteiger partial charge in [-0.3, -0.25) is 14.9 Å². The third-order valence-electron chi connectivity index (χ3n) is 4.18. The van der Waals surface area contributed by atoms with Crippen LogP contribution < -0.4 is 19.7 Å². The maximum absolute atomic E-state index is 13.0. The van der Waals surface area contributed by atoms with E-state index in [9.17, 15) is 14.4 Å². The third-order valence-corrected chi connectivity index (χ3v) is 5.79. The monoisotopic (exact) mass is 644 g/mol. The van der Waals surface area contributed by atoms with Crippen LogP contribution in [0, 0.1) is 7.14 Å². The molecule has 0 saturated carbocycles. The minimum absolute atomic E-state index is 0.139. The number of urea groups is 1. The first-order valence-corrected chi connectivity index (χ1v) is 11.4. The molecular weight excluding hydrogens is 626 g/mol. The summed E-state index contributed by atoms with van der Waals surface area (Å²) in [7, 11) is 0. The van der Waals surface area contributed by atoms with E-state index in [1.807, 2.05) is 6.92 Å². The number of carbonyl (C=O) groups is 3. The summed E-state index contributed by atoms with van der Waals surface area (Å²) in [6.07, 6.45) is 3.12. The molecule has 0 aliphatic carbocycles. The molecule has 2 aromatic rings. The molecule has 9 heteroatoms. The van der Waals surface area contributed by atoms with Gasteiger partial charge in [-0.2, -0.15) is 0 Å². The van der Waals surface area contributed by atoms with Crippen molar-refractivity contribution in [2.75, 3.05) is 18.1 Å². The third kappa shape index (κ3) is 5.26. The second-order valence-electron chi connectivity index (χ2n) is 6.30. The van der Waals surface area contributed by atoms with Crippen LogP contribution in [0.3, 0.4) is 0 Å². The van der Waals surface area contributed by atoms with Crippen molar-refractivity contribution in [2.45, 2.75) is 6.92 Å². The van der Waals surface area contributed by atoms with Gasteiger partial charge in [-0.05, 0) is 100 Å². The van der Waals surface area contributed by atoms with Crippen molar-refractivity contribution >= 4 is 74.8 Å². The minimum Gasteiger partial charge on any atom is -0.494 e. The van der Waals surface area contributed by atoms with Crippen LogP contribution in [0.25, 0.3) is 6.08 Å². The van der Waals surface area contributed by atoms with Crippen molar-refractivity contribution in [1.82, 2.24) is 5.32 Å². The van der Waals surface area contributed by atoms with Gasteiger partial charge in [0.05, 0.1) is 19.4 Å². The zero-order valence-electron chi connectivity index (χ0n) is 16.5. The van der Waals surface area contributed by atoms with Crippen LogP contribution in [0.1, 0.15) is 12.5 Å². The quantitative estimate of drug-likeness (QED) is 0.208. The van der Waals surface area contributed by atoms with Crippen LogP contribution in [-0.4, -0.2) is 31.1 Å². The molecule has 1 heterocycles. The Morgan fingerprint density at radius 1 is 1.06 bits per heavy atom. The van der Waals surface area contributed by atoms with Gasteiger partial charge >= 0.3 is 6.03 Å². The first kappa shape index (κ1) is 23.3.